The molecule has 0 saturated carbocycles. The molecule has 0 bridgehead atoms. The summed E-state index contributed by atoms with van der Waals surface area (Å²) in [5, 5.41) is 3.32. The molecule has 0 spiro atoms. The van der Waals surface area contributed by atoms with Gasteiger partial charge in [-0.15, -0.1) is 0 Å². The summed E-state index contributed by atoms with van der Waals surface area (Å²) >= 11 is 0. The standard InChI is InChI=1S/C14H23NO3/c1-12(10-16-2)15-7-8-18-14-6-4-5-13(9-14)11-17-3/h4-6,9,12,15H,7-8,10-11H2,1-3H3. The molecule has 1 unspecified atom stereocenters. The molecule has 0 aromatic heterocycles. The predicted octanol–water partition coefficient (Wildman–Crippen LogP) is 1.84. The Kier molecular flexibility index (Phi) is 7.41. The van der Waals surface area contributed by atoms with Crippen molar-refractivity contribution >= 4 is 0 Å². The molecule has 0 heterocycles. The van der Waals surface area contributed by atoms with Crippen molar-refractivity contribution in [2.24, 2.45) is 0 Å². The normalized spacial score (nSPS) is 12.4. The van der Waals surface area contributed by atoms with Gasteiger partial charge in [0.05, 0.1) is 13.2 Å². The maximum Gasteiger partial charge on any atom is 0.119 e. The van der Waals surface area contributed by atoms with E-state index in [9.17, 15) is 0 Å². The average molecular weight is 253 g/mol. The van der Waals surface area contributed by atoms with E-state index in [1.54, 1.807) is 14.2 Å². The first-order chi connectivity index (χ1) is 8.76. The minimum Gasteiger partial charge on any atom is -0.492 e. The Morgan fingerprint density at radius 3 is 2.78 bits per heavy atom. The van der Waals surface area contributed by atoms with E-state index < -0.39 is 0 Å². The van der Waals surface area contributed by atoms with Crippen molar-refractivity contribution in [2.75, 3.05) is 34.0 Å². The van der Waals surface area contributed by atoms with E-state index in [4.69, 9.17) is 14.2 Å². The zero-order valence-electron chi connectivity index (χ0n) is 11.4. The quantitative estimate of drug-likeness (QED) is 0.682. The predicted molar refractivity (Wildman–Crippen MR) is 72.0 cm³/mol. The highest BCUT2D eigenvalue weighted by Crippen LogP contribution is 2.13. The van der Waals surface area contributed by atoms with Gasteiger partial charge in [-0.2, -0.15) is 0 Å². The van der Waals surface area contributed by atoms with Crippen LogP contribution in [0, 0.1) is 0 Å². The molecule has 1 rings (SSSR count). The molecule has 0 saturated heterocycles. The van der Waals surface area contributed by atoms with E-state index in [0.29, 0.717) is 25.9 Å². The Morgan fingerprint density at radius 2 is 2.06 bits per heavy atom. The second kappa shape index (κ2) is 8.91. The summed E-state index contributed by atoms with van der Waals surface area (Å²) in [7, 11) is 3.39. The minimum atomic E-state index is 0.346. The van der Waals surface area contributed by atoms with Gasteiger partial charge in [0, 0.05) is 26.8 Å². The summed E-state index contributed by atoms with van der Waals surface area (Å²) in [5.41, 5.74) is 1.12. The Morgan fingerprint density at radius 1 is 1.22 bits per heavy atom. The van der Waals surface area contributed by atoms with Crippen LogP contribution in [0.25, 0.3) is 0 Å². The molecule has 1 aromatic carbocycles. The summed E-state index contributed by atoms with van der Waals surface area (Å²) in [6.45, 7) is 4.86. The highest BCUT2D eigenvalue weighted by atomic mass is 16.5. The van der Waals surface area contributed by atoms with Crippen LogP contribution < -0.4 is 10.1 Å². The highest BCUT2D eigenvalue weighted by Gasteiger charge is 2.00. The van der Waals surface area contributed by atoms with Gasteiger partial charge in [0.25, 0.3) is 0 Å². The Balaban J connectivity index is 2.24. The van der Waals surface area contributed by atoms with Crippen LogP contribution in [0.15, 0.2) is 24.3 Å². The fourth-order valence-electron chi connectivity index (χ4n) is 1.67. The Labute approximate surface area is 109 Å². The molecule has 1 atom stereocenters. The Hall–Kier alpha value is -1.10. The third-order valence-corrected chi connectivity index (χ3v) is 2.49. The molecule has 0 radical (unpaired) electrons. The minimum absolute atomic E-state index is 0.346. The fourth-order valence-corrected chi connectivity index (χ4v) is 1.67. The summed E-state index contributed by atoms with van der Waals surface area (Å²) in [6, 6.07) is 8.30. The van der Waals surface area contributed by atoms with Gasteiger partial charge in [-0.05, 0) is 24.6 Å². The molecule has 102 valence electrons. The van der Waals surface area contributed by atoms with Crippen LogP contribution in [0.3, 0.4) is 0 Å². The second-order valence-electron chi connectivity index (χ2n) is 4.24. The number of rotatable bonds is 9. The monoisotopic (exact) mass is 253 g/mol. The molecule has 18 heavy (non-hydrogen) atoms. The van der Waals surface area contributed by atoms with Gasteiger partial charge in [0.2, 0.25) is 0 Å². The van der Waals surface area contributed by atoms with E-state index in [2.05, 4.69) is 12.2 Å². The first-order valence-electron chi connectivity index (χ1n) is 6.19. The van der Waals surface area contributed by atoms with Gasteiger partial charge < -0.3 is 19.5 Å². The lowest BCUT2D eigenvalue weighted by Gasteiger charge is -2.13. The molecule has 0 amide bonds. The van der Waals surface area contributed by atoms with Gasteiger partial charge in [-0.25, -0.2) is 0 Å². The van der Waals surface area contributed by atoms with Gasteiger partial charge >= 0.3 is 0 Å². The molecule has 0 aliphatic rings. The van der Waals surface area contributed by atoms with E-state index >= 15 is 0 Å². The molecular weight excluding hydrogens is 230 g/mol. The van der Waals surface area contributed by atoms with Gasteiger partial charge in [0.15, 0.2) is 0 Å². The van der Waals surface area contributed by atoms with E-state index in [-0.39, 0.29) is 0 Å². The highest BCUT2D eigenvalue weighted by molar-refractivity contribution is 5.28. The van der Waals surface area contributed by atoms with Crippen molar-refractivity contribution in [1.29, 1.82) is 0 Å². The molecule has 0 aliphatic carbocycles. The zero-order chi connectivity index (χ0) is 13.2. The van der Waals surface area contributed by atoms with Crippen LogP contribution in [0.4, 0.5) is 0 Å². The van der Waals surface area contributed by atoms with Gasteiger partial charge in [-0.1, -0.05) is 12.1 Å². The lowest BCUT2D eigenvalue weighted by Crippen LogP contribution is -2.33. The van der Waals surface area contributed by atoms with E-state index in [1.165, 1.54) is 0 Å². The molecule has 4 nitrogen and oxygen atoms in total. The fraction of sp³-hybridized carbons (Fsp3) is 0.571. The number of hydrogen-bond donors (Lipinski definition) is 1. The van der Waals surface area contributed by atoms with E-state index in [0.717, 1.165) is 17.9 Å². The van der Waals surface area contributed by atoms with Crippen molar-refractivity contribution < 1.29 is 14.2 Å². The van der Waals surface area contributed by atoms with Gasteiger partial charge in [-0.3, -0.25) is 0 Å². The van der Waals surface area contributed by atoms with Crippen LogP contribution in [-0.2, 0) is 16.1 Å². The molecule has 1 N–H and O–H groups in total. The zero-order valence-corrected chi connectivity index (χ0v) is 11.4. The smallest absolute Gasteiger partial charge is 0.119 e. The van der Waals surface area contributed by atoms with Crippen LogP contribution >= 0.6 is 0 Å². The molecule has 0 aliphatic heterocycles. The summed E-state index contributed by atoms with van der Waals surface area (Å²) in [4.78, 5) is 0. The van der Waals surface area contributed by atoms with Crippen LogP contribution in [0.5, 0.6) is 5.75 Å². The third kappa shape index (κ3) is 6.00. The number of methoxy groups -OCH3 is 2. The van der Waals surface area contributed by atoms with Crippen molar-refractivity contribution in [3.05, 3.63) is 29.8 Å². The topological polar surface area (TPSA) is 39.7 Å². The first kappa shape index (κ1) is 15.0. The van der Waals surface area contributed by atoms with Crippen molar-refractivity contribution in [1.82, 2.24) is 5.32 Å². The summed E-state index contributed by atoms with van der Waals surface area (Å²) in [6.07, 6.45) is 0. The van der Waals surface area contributed by atoms with Crippen LogP contribution in [0.2, 0.25) is 0 Å². The molecule has 4 heteroatoms. The number of benzene rings is 1. The van der Waals surface area contributed by atoms with Crippen LogP contribution in [-0.4, -0.2) is 40.0 Å². The van der Waals surface area contributed by atoms with Crippen molar-refractivity contribution in [3.63, 3.8) is 0 Å². The van der Waals surface area contributed by atoms with Gasteiger partial charge in [0.1, 0.15) is 12.4 Å². The number of nitrogens with one attached hydrogen (secondary N) is 1. The SMILES string of the molecule is COCc1cccc(OCCNC(C)COC)c1. The summed E-state index contributed by atoms with van der Waals surface area (Å²) < 4.78 is 15.8. The largest absolute Gasteiger partial charge is 0.492 e. The number of ether oxygens (including phenoxy) is 3. The molecule has 0 fully saturated rings. The molecule has 1 aromatic rings. The Bertz CT molecular complexity index is 331. The maximum atomic E-state index is 5.66. The number of hydrogen-bond acceptors (Lipinski definition) is 4. The average Bonchev–Trinajstić information content (AvgIpc) is 2.36. The molecular formula is C14H23NO3. The van der Waals surface area contributed by atoms with Crippen molar-refractivity contribution in [3.8, 4) is 5.75 Å². The maximum absolute atomic E-state index is 5.66. The first-order valence-corrected chi connectivity index (χ1v) is 6.19. The lowest BCUT2D eigenvalue weighted by molar-refractivity contribution is 0.169. The third-order valence-electron chi connectivity index (χ3n) is 2.49. The summed E-state index contributed by atoms with van der Waals surface area (Å²) in [5.74, 6) is 0.880. The van der Waals surface area contributed by atoms with Crippen molar-refractivity contribution in [2.45, 2.75) is 19.6 Å². The lowest BCUT2D eigenvalue weighted by atomic mass is 10.2. The van der Waals surface area contributed by atoms with E-state index in [1.807, 2.05) is 24.3 Å². The van der Waals surface area contributed by atoms with Crippen LogP contribution in [0.1, 0.15) is 12.5 Å². The second-order valence-corrected chi connectivity index (χ2v) is 4.24.